The fraction of sp³-hybridized carbons (Fsp3) is 0.136. The molecule has 0 radical (unpaired) electrons. The minimum absolute atomic E-state index is 0.0171. The van der Waals surface area contributed by atoms with E-state index in [1.807, 2.05) is 54.6 Å². The molecule has 0 saturated carbocycles. The van der Waals surface area contributed by atoms with Gasteiger partial charge in [0.05, 0.1) is 10.5 Å². The maximum Gasteiger partial charge on any atom is 0.346 e. The standard InChI is InChI=1S/C22H19NO5S/c1-2-18-20(23(26)27)19(29-21(18)22(24)25)13-10-15-8-11-17(12-9-15)28-14-16-6-4-3-5-7-16/h3-13H,2,14H2,1H3,(H,24,25)/b13-10+. The number of carboxylic acids is 1. The Morgan fingerprint density at radius 3 is 2.41 bits per heavy atom. The first kappa shape index (κ1) is 20.3. The number of carbonyl (C=O) groups is 1. The predicted octanol–water partition coefficient (Wildman–Crippen LogP) is 5.67. The molecule has 6 nitrogen and oxygen atoms in total. The Hall–Kier alpha value is -3.45. The van der Waals surface area contributed by atoms with Gasteiger partial charge in [-0.1, -0.05) is 55.5 Å². The minimum atomic E-state index is -1.14. The van der Waals surface area contributed by atoms with E-state index < -0.39 is 10.9 Å². The van der Waals surface area contributed by atoms with E-state index in [4.69, 9.17) is 4.74 Å². The molecular formula is C22H19NO5S. The van der Waals surface area contributed by atoms with Crippen molar-refractivity contribution in [3.8, 4) is 5.75 Å². The Morgan fingerprint density at radius 1 is 1.14 bits per heavy atom. The lowest BCUT2D eigenvalue weighted by atomic mass is 10.1. The summed E-state index contributed by atoms with van der Waals surface area (Å²) in [6.45, 7) is 2.18. The normalized spacial score (nSPS) is 10.9. The van der Waals surface area contributed by atoms with Crippen molar-refractivity contribution in [2.24, 2.45) is 0 Å². The second-order valence-corrected chi connectivity index (χ2v) is 7.27. The highest BCUT2D eigenvalue weighted by Crippen LogP contribution is 2.37. The van der Waals surface area contributed by atoms with E-state index in [0.717, 1.165) is 28.2 Å². The molecule has 1 aromatic heterocycles. The number of ether oxygens (including phenoxy) is 1. The molecule has 0 aliphatic rings. The van der Waals surface area contributed by atoms with Crippen LogP contribution < -0.4 is 4.74 Å². The lowest BCUT2D eigenvalue weighted by molar-refractivity contribution is -0.385. The average molecular weight is 409 g/mol. The summed E-state index contributed by atoms with van der Waals surface area (Å²) in [6, 6.07) is 17.2. The van der Waals surface area contributed by atoms with Gasteiger partial charge in [-0.3, -0.25) is 10.1 Å². The van der Waals surface area contributed by atoms with Gasteiger partial charge in [-0.15, -0.1) is 11.3 Å². The molecule has 148 valence electrons. The predicted molar refractivity (Wildman–Crippen MR) is 113 cm³/mol. The Kier molecular flexibility index (Phi) is 6.41. The third-order valence-electron chi connectivity index (χ3n) is 4.29. The molecule has 0 aliphatic heterocycles. The highest BCUT2D eigenvalue weighted by atomic mass is 32.1. The van der Waals surface area contributed by atoms with Crippen LogP contribution in [0.4, 0.5) is 5.69 Å². The van der Waals surface area contributed by atoms with Gasteiger partial charge in [0.1, 0.15) is 22.1 Å². The first-order valence-electron chi connectivity index (χ1n) is 8.97. The summed E-state index contributed by atoms with van der Waals surface area (Å²) in [7, 11) is 0. The van der Waals surface area contributed by atoms with E-state index in [1.165, 1.54) is 0 Å². The third-order valence-corrected chi connectivity index (χ3v) is 5.47. The number of hydrogen-bond donors (Lipinski definition) is 1. The zero-order valence-corrected chi connectivity index (χ0v) is 16.5. The van der Waals surface area contributed by atoms with Crippen LogP contribution in [0.5, 0.6) is 5.75 Å². The number of thiophene rings is 1. The summed E-state index contributed by atoms with van der Waals surface area (Å²) in [6.07, 6.45) is 3.61. The van der Waals surface area contributed by atoms with E-state index in [2.05, 4.69) is 0 Å². The monoisotopic (exact) mass is 409 g/mol. The van der Waals surface area contributed by atoms with E-state index in [-0.39, 0.29) is 22.5 Å². The molecule has 0 atom stereocenters. The fourth-order valence-electron chi connectivity index (χ4n) is 2.88. The van der Waals surface area contributed by atoms with E-state index >= 15 is 0 Å². The number of carboxylic acid groups (broad SMARTS) is 1. The Balaban J connectivity index is 1.76. The van der Waals surface area contributed by atoms with Crippen LogP contribution in [0.25, 0.3) is 12.2 Å². The van der Waals surface area contributed by atoms with Gasteiger partial charge in [-0.2, -0.15) is 0 Å². The zero-order chi connectivity index (χ0) is 20.8. The summed E-state index contributed by atoms with van der Waals surface area (Å²) in [5.74, 6) is -0.427. The van der Waals surface area contributed by atoms with Gasteiger partial charge >= 0.3 is 5.97 Å². The lowest BCUT2D eigenvalue weighted by Gasteiger charge is -2.06. The molecule has 3 rings (SSSR count). The number of hydrogen-bond acceptors (Lipinski definition) is 5. The van der Waals surface area contributed by atoms with Gasteiger partial charge in [-0.25, -0.2) is 4.79 Å². The van der Waals surface area contributed by atoms with Crippen molar-refractivity contribution in [2.45, 2.75) is 20.0 Å². The highest BCUT2D eigenvalue weighted by Gasteiger charge is 2.28. The summed E-state index contributed by atoms with van der Waals surface area (Å²) in [5.41, 5.74) is 2.03. The van der Waals surface area contributed by atoms with Gasteiger partial charge in [0.25, 0.3) is 5.69 Å². The molecular weight excluding hydrogens is 390 g/mol. The number of aromatic carboxylic acids is 1. The number of benzene rings is 2. The summed E-state index contributed by atoms with van der Waals surface area (Å²) >= 11 is 0.923. The molecule has 0 saturated heterocycles. The van der Waals surface area contributed by atoms with Crippen LogP contribution in [0, 0.1) is 10.1 Å². The quantitative estimate of drug-likeness (QED) is 0.383. The largest absolute Gasteiger partial charge is 0.489 e. The molecule has 0 fully saturated rings. The number of nitro groups is 1. The molecule has 0 unspecified atom stereocenters. The van der Waals surface area contributed by atoms with Crippen molar-refractivity contribution in [3.05, 3.63) is 91.2 Å². The molecule has 3 aromatic rings. The molecule has 29 heavy (non-hydrogen) atoms. The van der Waals surface area contributed by atoms with E-state index in [0.29, 0.717) is 11.5 Å². The maximum atomic E-state index is 11.5. The van der Waals surface area contributed by atoms with Gasteiger partial charge in [0, 0.05) is 0 Å². The van der Waals surface area contributed by atoms with Crippen LogP contribution in [0.1, 0.15) is 38.2 Å². The van der Waals surface area contributed by atoms with Gasteiger partial charge in [0.15, 0.2) is 0 Å². The number of nitrogens with zero attached hydrogens (tertiary/aromatic N) is 1. The van der Waals surface area contributed by atoms with E-state index in [9.17, 15) is 20.0 Å². The van der Waals surface area contributed by atoms with E-state index in [1.54, 1.807) is 19.1 Å². The van der Waals surface area contributed by atoms with Crippen LogP contribution in [-0.4, -0.2) is 16.0 Å². The Labute approximate surface area is 171 Å². The van der Waals surface area contributed by atoms with Crippen molar-refractivity contribution in [1.82, 2.24) is 0 Å². The second kappa shape index (κ2) is 9.16. The second-order valence-electron chi connectivity index (χ2n) is 6.22. The van der Waals surface area contributed by atoms with Crippen molar-refractivity contribution >= 4 is 35.1 Å². The fourth-order valence-corrected chi connectivity index (χ4v) is 3.98. The minimum Gasteiger partial charge on any atom is -0.489 e. The average Bonchev–Trinajstić information content (AvgIpc) is 3.11. The van der Waals surface area contributed by atoms with Crippen LogP contribution in [0.15, 0.2) is 54.6 Å². The number of rotatable bonds is 8. The van der Waals surface area contributed by atoms with Crippen LogP contribution in [0.2, 0.25) is 0 Å². The zero-order valence-electron chi connectivity index (χ0n) is 15.7. The summed E-state index contributed by atoms with van der Waals surface area (Å²) in [4.78, 5) is 22.7. The lowest BCUT2D eigenvalue weighted by Crippen LogP contribution is -1.99. The highest BCUT2D eigenvalue weighted by molar-refractivity contribution is 7.15. The molecule has 0 aliphatic carbocycles. The molecule has 1 N–H and O–H groups in total. The smallest absolute Gasteiger partial charge is 0.346 e. The first-order chi connectivity index (χ1) is 14.0. The van der Waals surface area contributed by atoms with Crippen LogP contribution in [-0.2, 0) is 13.0 Å². The van der Waals surface area contributed by atoms with Gasteiger partial charge < -0.3 is 9.84 Å². The summed E-state index contributed by atoms with van der Waals surface area (Å²) in [5, 5.41) is 20.8. The molecule has 0 amide bonds. The Morgan fingerprint density at radius 2 is 1.83 bits per heavy atom. The van der Waals surface area contributed by atoms with Gasteiger partial charge in [0.2, 0.25) is 0 Å². The van der Waals surface area contributed by atoms with Crippen molar-refractivity contribution in [2.75, 3.05) is 0 Å². The molecule has 1 heterocycles. The third kappa shape index (κ3) is 4.89. The molecule has 0 bridgehead atoms. The topological polar surface area (TPSA) is 89.7 Å². The van der Waals surface area contributed by atoms with Crippen LogP contribution in [0.3, 0.4) is 0 Å². The molecule has 0 spiro atoms. The maximum absolute atomic E-state index is 11.5. The molecule has 7 heteroatoms. The van der Waals surface area contributed by atoms with Crippen molar-refractivity contribution in [1.29, 1.82) is 0 Å². The van der Waals surface area contributed by atoms with Crippen molar-refractivity contribution in [3.63, 3.8) is 0 Å². The molecule has 2 aromatic carbocycles. The first-order valence-corrected chi connectivity index (χ1v) is 9.79. The SMILES string of the molecule is CCc1c(C(=O)O)sc(/C=C/c2ccc(OCc3ccccc3)cc2)c1[N+](=O)[O-]. The Bertz CT molecular complexity index is 1040. The van der Waals surface area contributed by atoms with Gasteiger partial charge in [-0.05, 0) is 35.8 Å². The van der Waals surface area contributed by atoms with Crippen LogP contribution >= 0.6 is 11.3 Å². The summed E-state index contributed by atoms with van der Waals surface area (Å²) < 4.78 is 5.74. The van der Waals surface area contributed by atoms with Crippen molar-refractivity contribution < 1.29 is 19.6 Å².